The summed E-state index contributed by atoms with van der Waals surface area (Å²) in [5.74, 6) is -0.538. The Hall–Kier alpha value is -2.54. The summed E-state index contributed by atoms with van der Waals surface area (Å²) in [5, 5.41) is 3.92. The second-order valence-corrected chi connectivity index (χ2v) is 10.7. The van der Waals surface area contributed by atoms with E-state index in [-0.39, 0.29) is 35.9 Å². The Balaban J connectivity index is 1.88. The van der Waals surface area contributed by atoms with Crippen molar-refractivity contribution in [2.45, 2.75) is 51.1 Å². The summed E-state index contributed by atoms with van der Waals surface area (Å²) in [7, 11) is 0. The number of nitrogens with zero attached hydrogens (tertiary/aromatic N) is 1. The number of halogens is 3. The summed E-state index contributed by atoms with van der Waals surface area (Å²) in [6.07, 6.45) is 1.13. The predicted octanol–water partition coefficient (Wildman–Crippen LogP) is 6.92. The minimum atomic E-state index is -0.736. The molecule has 0 saturated carbocycles. The van der Waals surface area contributed by atoms with Crippen LogP contribution in [-0.4, -0.2) is 34.6 Å². The van der Waals surface area contributed by atoms with Gasteiger partial charge in [-0.15, -0.1) is 11.8 Å². The van der Waals surface area contributed by atoms with Gasteiger partial charge in [0.25, 0.3) is 0 Å². The van der Waals surface area contributed by atoms with Gasteiger partial charge in [-0.3, -0.25) is 9.59 Å². The van der Waals surface area contributed by atoms with Crippen molar-refractivity contribution in [1.82, 2.24) is 10.2 Å². The minimum Gasteiger partial charge on any atom is -0.352 e. The number of hydrogen-bond donors (Lipinski definition) is 1. The first-order valence-electron chi connectivity index (χ1n) is 12.2. The summed E-state index contributed by atoms with van der Waals surface area (Å²) in [4.78, 5) is 28.8. The van der Waals surface area contributed by atoms with E-state index in [0.717, 1.165) is 17.5 Å². The molecule has 0 fully saturated rings. The molecule has 0 aromatic heterocycles. The van der Waals surface area contributed by atoms with Gasteiger partial charge in [-0.05, 0) is 48.7 Å². The highest BCUT2D eigenvalue weighted by Crippen LogP contribution is 2.25. The molecule has 2 amide bonds. The zero-order valence-electron chi connectivity index (χ0n) is 20.9. The number of benzene rings is 3. The van der Waals surface area contributed by atoms with Crippen molar-refractivity contribution >= 4 is 46.8 Å². The lowest BCUT2D eigenvalue weighted by atomic mass is 10.0. The van der Waals surface area contributed by atoms with E-state index < -0.39 is 11.9 Å². The highest BCUT2D eigenvalue weighted by atomic mass is 35.5. The van der Waals surface area contributed by atoms with E-state index in [2.05, 4.69) is 5.32 Å². The molecule has 0 saturated heterocycles. The van der Waals surface area contributed by atoms with Crippen LogP contribution in [0.15, 0.2) is 72.8 Å². The standard InChI is InChI=1S/C29H31Cl2FN2O2S/c1-3-20(2)33-29(36)27(16-21-9-5-4-6-10-21)34(17-22-11-7-12-23(30)15-22)28(35)19-37-18-24-25(31)13-8-14-26(24)32/h4-15,20,27H,3,16-19H2,1-2H3,(H,33,36). The van der Waals surface area contributed by atoms with E-state index in [4.69, 9.17) is 23.2 Å². The molecule has 0 radical (unpaired) electrons. The highest BCUT2D eigenvalue weighted by molar-refractivity contribution is 7.99. The molecule has 1 N–H and O–H groups in total. The summed E-state index contributed by atoms with van der Waals surface area (Å²) in [5.41, 5.74) is 2.12. The predicted molar refractivity (Wildman–Crippen MR) is 151 cm³/mol. The van der Waals surface area contributed by atoms with Crippen LogP contribution in [0.2, 0.25) is 10.0 Å². The van der Waals surface area contributed by atoms with E-state index in [9.17, 15) is 14.0 Å². The van der Waals surface area contributed by atoms with E-state index in [1.165, 1.54) is 17.8 Å². The maximum Gasteiger partial charge on any atom is 0.243 e. The van der Waals surface area contributed by atoms with Gasteiger partial charge in [0.05, 0.1) is 5.75 Å². The van der Waals surface area contributed by atoms with Gasteiger partial charge in [-0.25, -0.2) is 4.39 Å². The van der Waals surface area contributed by atoms with Crippen molar-refractivity contribution in [3.05, 3.63) is 105 Å². The number of thioether (sulfide) groups is 1. The van der Waals surface area contributed by atoms with Gasteiger partial charge in [0.1, 0.15) is 11.9 Å². The van der Waals surface area contributed by atoms with Gasteiger partial charge in [0.15, 0.2) is 0 Å². The van der Waals surface area contributed by atoms with Gasteiger partial charge >= 0.3 is 0 Å². The molecule has 4 nitrogen and oxygen atoms in total. The quantitative estimate of drug-likeness (QED) is 0.261. The van der Waals surface area contributed by atoms with Crippen LogP contribution in [-0.2, 0) is 28.3 Å². The Bertz CT molecular complexity index is 1180. The number of rotatable bonds is 12. The molecule has 2 atom stereocenters. The summed E-state index contributed by atoms with van der Waals surface area (Å²) >= 11 is 13.6. The Morgan fingerprint density at radius 1 is 1.00 bits per heavy atom. The zero-order chi connectivity index (χ0) is 26.8. The molecule has 3 rings (SSSR count). The first-order chi connectivity index (χ1) is 17.8. The van der Waals surface area contributed by atoms with E-state index in [1.807, 2.05) is 56.3 Å². The summed E-state index contributed by atoms with van der Waals surface area (Å²) in [6.45, 7) is 4.15. The lowest BCUT2D eigenvalue weighted by molar-refractivity contribution is -0.139. The van der Waals surface area contributed by atoms with Gasteiger partial charge in [-0.1, -0.05) is 78.7 Å². The van der Waals surface area contributed by atoms with E-state index in [1.54, 1.807) is 29.2 Å². The van der Waals surface area contributed by atoms with Crippen LogP contribution in [0.4, 0.5) is 4.39 Å². The molecule has 0 aliphatic carbocycles. The SMILES string of the molecule is CCC(C)NC(=O)C(Cc1ccccc1)N(Cc1cccc(Cl)c1)C(=O)CSCc1c(F)cccc1Cl. The molecule has 0 bridgehead atoms. The first kappa shape index (κ1) is 29.0. The zero-order valence-corrected chi connectivity index (χ0v) is 23.3. The molecule has 0 spiro atoms. The van der Waals surface area contributed by atoms with Crippen LogP contribution in [0, 0.1) is 5.82 Å². The fourth-order valence-electron chi connectivity index (χ4n) is 3.82. The Kier molecular flexibility index (Phi) is 11.3. The molecule has 0 aliphatic heterocycles. The Morgan fingerprint density at radius 3 is 2.38 bits per heavy atom. The van der Waals surface area contributed by atoms with Gasteiger partial charge in [-0.2, -0.15) is 0 Å². The van der Waals surface area contributed by atoms with Crippen LogP contribution in [0.25, 0.3) is 0 Å². The van der Waals surface area contributed by atoms with Crippen LogP contribution >= 0.6 is 35.0 Å². The molecule has 196 valence electrons. The van der Waals surface area contributed by atoms with Crippen molar-refractivity contribution in [3.8, 4) is 0 Å². The summed E-state index contributed by atoms with van der Waals surface area (Å²) in [6, 6.07) is 20.6. The topological polar surface area (TPSA) is 49.4 Å². The van der Waals surface area contributed by atoms with Crippen LogP contribution in [0.3, 0.4) is 0 Å². The van der Waals surface area contributed by atoms with Crippen LogP contribution < -0.4 is 5.32 Å². The fraction of sp³-hybridized carbons (Fsp3) is 0.310. The minimum absolute atomic E-state index is 0.0357. The molecular weight excluding hydrogens is 530 g/mol. The molecule has 3 aromatic carbocycles. The van der Waals surface area contributed by atoms with Crippen molar-refractivity contribution in [2.24, 2.45) is 0 Å². The Labute approximate surface area is 232 Å². The third kappa shape index (κ3) is 8.77. The van der Waals surface area contributed by atoms with Gasteiger partial charge in [0.2, 0.25) is 11.8 Å². The van der Waals surface area contributed by atoms with Crippen molar-refractivity contribution in [1.29, 1.82) is 0 Å². The van der Waals surface area contributed by atoms with E-state index >= 15 is 0 Å². The van der Waals surface area contributed by atoms with Crippen LogP contribution in [0.1, 0.15) is 37.0 Å². The second-order valence-electron chi connectivity index (χ2n) is 8.87. The lowest BCUT2D eigenvalue weighted by Crippen LogP contribution is -2.52. The monoisotopic (exact) mass is 560 g/mol. The van der Waals surface area contributed by atoms with Crippen LogP contribution in [0.5, 0.6) is 0 Å². The maximum absolute atomic E-state index is 14.2. The maximum atomic E-state index is 14.2. The molecule has 2 unspecified atom stereocenters. The average Bonchev–Trinajstić information content (AvgIpc) is 2.88. The third-order valence-corrected chi connectivity index (χ3v) is 7.58. The molecular formula is C29H31Cl2FN2O2S. The average molecular weight is 562 g/mol. The highest BCUT2D eigenvalue weighted by Gasteiger charge is 2.31. The van der Waals surface area contributed by atoms with Gasteiger partial charge < -0.3 is 10.2 Å². The molecule has 0 heterocycles. The second kappa shape index (κ2) is 14.4. The van der Waals surface area contributed by atoms with Gasteiger partial charge in [0, 0.05) is 40.4 Å². The summed E-state index contributed by atoms with van der Waals surface area (Å²) < 4.78 is 14.2. The molecule has 37 heavy (non-hydrogen) atoms. The number of amides is 2. The number of carbonyl (C=O) groups excluding carboxylic acids is 2. The molecule has 3 aromatic rings. The van der Waals surface area contributed by atoms with Crippen molar-refractivity contribution in [3.63, 3.8) is 0 Å². The molecule has 8 heteroatoms. The van der Waals surface area contributed by atoms with Crippen molar-refractivity contribution in [2.75, 3.05) is 5.75 Å². The third-order valence-electron chi connectivity index (χ3n) is 6.05. The smallest absolute Gasteiger partial charge is 0.243 e. The van der Waals surface area contributed by atoms with E-state index in [0.29, 0.717) is 22.0 Å². The number of nitrogens with one attached hydrogen (secondary N) is 1. The first-order valence-corrected chi connectivity index (χ1v) is 14.1. The molecule has 0 aliphatic rings. The number of hydrogen-bond acceptors (Lipinski definition) is 3. The normalized spacial score (nSPS) is 12.6. The fourth-order valence-corrected chi connectivity index (χ4v) is 5.28. The Morgan fingerprint density at radius 2 is 1.70 bits per heavy atom. The van der Waals surface area contributed by atoms with Crippen molar-refractivity contribution < 1.29 is 14.0 Å². The largest absolute Gasteiger partial charge is 0.352 e. The lowest BCUT2D eigenvalue weighted by Gasteiger charge is -2.32. The number of carbonyl (C=O) groups is 2.